The molecular formula is C13H14N2OS2. The predicted molar refractivity (Wildman–Crippen MR) is 76.1 cm³/mol. The maximum atomic E-state index is 11.5. The fraction of sp³-hybridized carbons (Fsp3) is 0.385. The third-order valence-electron chi connectivity index (χ3n) is 2.77. The van der Waals surface area contributed by atoms with E-state index in [2.05, 4.69) is 16.4 Å². The Morgan fingerprint density at radius 1 is 1.44 bits per heavy atom. The fourth-order valence-corrected chi connectivity index (χ4v) is 3.75. The first-order valence-corrected chi connectivity index (χ1v) is 7.89. The molecule has 0 saturated heterocycles. The Balaban J connectivity index is 1.51. The number of nitrogens with one attached hydrogen (secondary N) is 1. The maximum absolute atomic E-state index is 11.5. The molecule has 1 amide bonds. The van der Waals surface area contributed by atoms with Crippen molar-refractivity contribution in [2.45, 2.75) is 29.6 Å². The molecule has 1 aliphatic rings. The number of thiazole rings is 1. The number of nitrogens with zero attached hydrogens (tertiary/aromatic N) is 1. The van der Waals surface area contributed by atoms with Gasteiger partial charge in [-0.05, 0) is 25.0 Å². The summed E-state index contributed by atoms with van der Waals surface area (Å²) in [6.07, 6.45) is 2.88. The molecule has 94 valence electrons. The number of hydrogen-bond donors (Lipinski definition) is 1. The standard InChI is InChI=1S/C13H14N2OS2/c16-12(14-9-5-6-9)7-8-17-13-15-10-3-1-2-4-11(10)18-13/h1-4,9H,5-8H2,(H,14,16). The van der Waals surface area contributed by atoms with E-state index in [1.165, 1.54) is 4.70 Å². The van der Waals surface area contributed by atoms with Crippen LogP contribution in [0.5, 0.6) is 0 Å². The van der Waals surface area contributed by atoms with Gasteiger partial charge < -0.3 is 5.32 Å². The molecule has 1 saturated carbocycles. The van der Waals surface area contributed by atoms with E-state index in [0.29, 0.717) is 12.5 Å². The van der Waals surface area contributed by atoms with Gasteiger partial charge in [-0.2, -0.15) is 0 Å². The molecule has 1 fully saturated rings. The number of benzene rings is 1. The fourth-order valence-electron chi connectivity index (χ4n) is 1.67. The Morgan fingerprint density at radius 3 is 3.06 bits per heavy atom. The van der Waals surface area contributed by atoms with Gasteiger partial charge in [0.15, 0.2) is 4.34 Å². The van der Waals surface area contributed by atoms with Crippen LogP contribution < -0.4 is 5.32 Å². The lowest BCUT2D eigenvalue weighted by Gasteiger charge is -2.01. The topological polar surface area (TPSA) is 42.0 Å². The number of hydrogen-bond acceptors (Lipinski definition) is 4. The quantitative estimate of drug-likeness (QED) is 0.855. The summed E-state index contributed by atoms with van der Waals surface area (Å²) in [5, 5.41) is 3.00. The number of aromatic nitrogens is 1. The van der Waals surface area contributed by atoms with E-state index in [0.717, 1.165) is 28.5 Å². The van der Waals surface area contributed by atoms with Gasteiger partial charge in [0.25, 0.3) is 0 Å². The summed E-state index contributed by atoms with van der Waals surface area (Å²) in [5.74, 6) is 0.976. The minimum Gasteiger partial charge on any atom is -0.353 e. The summed E-state index contributed by atoms with van der Waals surface area (Å²) in [6.45, 7) is 0. The molecule has 3 rings (SSSR count). The van der Waals surface area contributed by atoms with Crippen LogP contribution in [0.15, 0.2) is 28.6 Å². The van der Waals surface area contributed by atoms with Crippen LogP contribution in [0.25, 0.3) is 10.2 Å². The summed E-state index contributed by atoms with van der Waals surface area (Å²) in [6, 6.07) is 8.59. The van der Waals surface area contributed by atoms with Crippen molar-refractivity contribution in [2.75, 3.05) is 5.75 Å². The highest BCUT2D eigenvalue weighted by atomic mass is 32.2. The van der Waals surface area contributed by atoms with Crippen LogP contribution in [0, 0.1) is 0 Å². The van der Waals surface area contributed by atoms with Crippen LogP contribution in [0.3, 0.4) is 0 Å². The average Bonchev–Trinajstić information content (AvgIpc) is 3.07. The number of thioether (sulfide) groups is 1. The van der Waals surface area contributed by atoms with E-state index < -0.39 is 0 Å². The van der Waals surface area contributed by atoms with E-state index in [-0.39, 0.29) is 5.91 Å². The van der Waals surface area contributed by atoms with Crippen LogP contribution >= 0.6 is 23.1 Å². The zero-order chi connectivity index (χ0) is 12.4. The van der Waals surface area contributed by atoms with E-state index in [1.807, 2.05) is 18.2 Å². The Morgan fingerprint density at radius 2 is 2.28 bits per heavy atom. The second kappa shape index (κ2) is 5.28. The third-order valence-corrected chi connectivity index (χ3v) is 4.95. The smallest absolute Gasteiger partial charge is 0.221 e. The van der Waals surface area contributed by atoms with Crippen molar-refractivity contribution in [3.05, 3.63) is 24.3 Å². The van der Waals surface area contributed by atoms with E-state index >= 15 is 0 Å². The zero-order valence-electron chi connectivity index (χ0n) is 9.89. The first-order chi connectivity index (χ1) is 8.81. The van der Waals surface area contributed by atoms with Crippen molar-refractivity contribution in [1.29, 1.82) is 0 Å². The zero-order valence-corrected chi connectivity index (χ0v) is 11.5. The largest absolute Gasteiger partial charge is 0.353 e. The lowest BCUT2D eigenvalue weighted by atomic mass is 10.3. The van der Waals surface area contributed by atoms with Crippen LogP contribution in [-0.4, -0.2) is 22.7 Å². The Labute approximate surface area is 114 Å². The number of carbonyl (C=O) groups is 1. The summed E-state index contributed by atoms with van der Waals surface area (Å²) < 4.78 is 2.26. The highest BCUT2D eigenvalue weighted by molar-refractivity contribution is 8.01. The molecule has 0 radical (unpaired) electrons. The molecule has 5 heteroatoms. The van der Waals surface area contributed by atoms with Gasteiger partial charge in [0, 0.05) is 18.2 Å². The molecule has 1 aliphatic carbocycles. The maximum Gasteiger partial charge on any atom is 0.221 e. The van der Waals surface area contributed by atoms with Gasteiger partial charge in [0.1, 0.15) is 0 Å². The van der Waals surface area contributed by atoms with Gasteiger partial charge in [-0.25, -0.2) is 4.98 Å². The Bertz CT molecular complexity index is 530. The number of para-hydroxylation sites is 1. The highest BCUT2D eigenvalue weighted by Crippen LogP contribution is 2.29. The first kappa shape index (κ1) is 12.0. The van der Waals surface area contributed by atoms with Gasteiger partial charge in [0.05, 0.1) is 10.2 Å². The van der Waals surface area contributed by atoms with Crippen molar-refractivity contribution >= 4 is 39.2 Å². The summed E-state index contributed by atoms with van der Waals surface area (Å²) in [5.41, 5.74) is 1.05. The Kier molecular flexibility index (Phi) is 3.52. The van der Waals surface area contributed by atoms with Crippen molar-refractivity contribution in [1.82, 2.24) is 10.3 Å². The SMILES string of the molecule is O=C(CCSc1nc2ccccc2s1)NC1CC1. The van der Waals surface area contributed by atoms with E-state index in [4.69, 9.17) is 0 Å². The Hall–Kier alpha value is -1.07. The molecule has 1 aromatic carbocycles. The predicted octanol–water partition coefficient (Wildman–Crippen LogP) is 3.06. The monoisotopic (exact) mass is 278 g/mol. The van der Waals surface area contributed by atoms with Crippen LogP contribution in [0.2, 0.25) is 0 Å². The number of amides is 1. The molecule has 1 N–H and O–H groups in total. The van der Waals surface area contributed by atoms with E-state index in [1.54, 1.807) is 23.1 Å². The van der Waals surface area contributed by atoms with Gasteiger partial charge >= 0.3 is 0 Å². The average molecular weight is 278 g/mol. The van der Waals surface area contributed by atoms with Crippen molar-refractivity contribution in [3.8, 4) is 0 Å². The number of rotatable bonds is 5. The van der Waals surface area contributed by atoms with Gasteiger partial charge in [-0.1, -0.05) is 23.9 Å². The van der Waals surface area contributed by atoms with Crippen LogP contribution in [0.1, 0.15) is 19.3 Å². The molecule has 0 bridgehead atoms. The highest BCUT2D eigenvalue weighted by Gasteiger charge is 2.22. The molecule has 1 heterocycles. The van der Waals surface area contributed by atoms with Gasteiger partial charge in [-0.3, -0.25) is 4.79 Å². The van der Waals surface area contributed by atoms with E-state index in [9.17, 15) is 4.79 Å². The molecule has 3 nitrogen and oxygen atoms in total. The molecule has 1 aromatic heterocycles. The van der Waals surface area contributed by atoms with Crippen molar-refractivity contribution in [3.63, 3.8) is 0 Å². The second-order valence-corrected chi connectivity index (χ2v) is 6.76. The van der Waals surface area contributed by atoms with Crippen molar-refractivity contribution in [2.24, 2.45) is 0 Å². The summed E-state index contributed by atoms with van der Waals surface area (Å²) >= 11 is 3.36. The second-order valence-electron chi connectivity index (χ2n) is 4.39. The lowest BCUT2D eigenvalue weighted by molar-refractivity contribution is -0.120. The summed E-state index contributed by atoms with van der Waals surface area (Å²) in [4.78, 5) is 16.0. The molecular weight excluding hydrogens is 264 g/mol. The number of carbonyl (C=O) groups excluding carboxylic acids is 1. The van der Waals surface area contributed by atoms with Crippen LogP contribution in [0.4, 0.5) is 0 Å². The molecule has 0 spiro atoms. The number of fused-ring (bicyclic) bond motifs is 1. The molecule has 0 unspecified atom stereocenters. The molecule has 0 atom stereocenters. The lowest BCUT2D eigenvalue weighted by Crippen LogP contribution is -2.25. The molecule has 18 heavy (non-hydrogen) atoms. The molecule has 0 aliphatic heterocycles. The van der Waals surface area contributed by atoms with Crippen molar-refractivity contribution < 1.29 is 4.79 Å². The summed E-state index contributed by atoms with van der Waals surface area (Å²) in [7, 11) is 0. The third kappa shape index (κ3) is 3.03. The minimum absolute atomic E-state index is 0.172. The van der Waals surface area contributed by atoms with Gasteiger partial charge in [-0.15, -0.1) is 11.3 Å². The molecule has 2 aromatic rings. The van der Waals surface area contributed by atoms with Crippen LogP contribution in [-0.2, 0) is 4.79 Å². The minimum atomic E-state index is 0.172. The normalized spacial score (nSPS) is 14.9. The first-order valence-electron chi connectivity index (χ1n) is 6.09. The van der Waals surface area contributed by atoms with Gasteiger partial charge in [0.2, 0.25) is 5.91 Å².